The van der Waals surface area contributed by atoms with Gasteiger partial charge in [-0.05, 0) is 12.3 Å². The first kappa shape index (κ1) is 8.53. The molecule has 72 valence electrons. The Balaban J connectivity index is 1.86. The average molecular weight is 182 g/mol. The van der Waals surface area contributed by atoms with E-state index in [0.717, 1.165) is 6.42 Å². The molecule has 2 aliphatic rings. The molecule has 1 saturated carbocycles. The van der Waals surface area contributed by atoms with Crippen molar-refractivity contribution < 1.29 is 9.53 Å². The molecule has 0 radical (unpaired) electrons. The fourth-order valence-corrected chi connectivity index (χ4v) is 2.10. The molecule has 4 heteroatoms. The number of carbonyl (C=O) groups is 1. The van der Waals surface area contributed by atoms with Crippen LogP contribution in [0.3, 0.4) is 0 Å². The second-order valence-corrected chi connectivity index (χ2v) is 3.78. The quantitative estimate of drug-likeness (QED) is 0.687. The van der Waals surface area contributed by atoms with E-state index in [0.29, 0.717) is 5.92 Å². The van der Waals surface area contributed by atoms with E-state index >= 15 is 0 Å². The van der Waals surface area contributed by atoms with Crippen molar-refractivity contribution in [2.24, 2.45) is 16.6 Å². The van der Waals surface area contributed by atoms with Gasteiger partial charge in [-0.3, -0.25) is 4.79 Å². The first-order valence-electron chi connectivity index (χ1n) is 4.80. The Morgan fingerprint density at radius 2 is 2.15 bits per heavy atom. The lowest BCUT2D eigenvalue weighted by Gasteiger charge is -2.12. The molecule has 0 bridgehead atoms. The zero-order valence-electron chi connectivity index (χ0n) is 7.53. The number of nitrogens with two attached hydrogens (primary N) is 1. The van der Waals surface area contributed by atoms with Crippen LogP contribution in [0.4, 0.5) is 0 Å². The van der Waals surface area contributed by atoms with Crippen molar-refractivity contribution in [3.8, 4) is 0 Å². The van der Waals surface area contributed by atoms with Crippen LogP contribution in [0.25, 0.3) is 0 Å². The number of hydrogen-bond acceptors (Lipinski definition) is 3. The molecule has 1 heterocycles. The first-order chi connectivity index (χ1) is 6.25. The maximum Gasteiger partial charge on any atom is 0.291 e. The third kappa shape index (κ3) is 1.82. The summed E-state index contributed by atoms with van der Waals surface area (Å²) in [5, 5.41) is 0. The van der Waals surface area contributed by atoms with Gasteiger partial charge in [-0.15, -0.1) is 0 Å². The molecule has 0 aromatic carbocycles. The maximum absolute atomic E-state index is 11.2. The van der Waals surface area contributed by atoms with E-state index in [-0.39, 0.29) is 18.0 Å². The van der Waals surface area contributed by atoms with Gasteiger partial charge in [0.25, 0.3) is 11.9 Å². The van der Waals surface area contributed by atoms with Crippen molar-refractivity contribution in [2.45, 2.75) is 38.2 Å². The molecular weight excluding hydrogens is 168 g/mol. The number of ether oxygens (including phenoxy) is 1. The van der Waals surface area contributed by atoms with Crippen LogP contribution in [0.2, 0.25) is 0 Å². The lowest BCUT2D eigenvalue weighted by molar-refractivity contribution is -0.123. The molecule has 0 aromatic heterocycles. The van der Waals surface area contributed by atoms with Gasteiger partial charge in [0, 0.05) is 0 Å². The fourth-order valence-electron chi connectivity index (χ4n) is 2.10. The molecule has 1 aliphatic carbocycles. The Labute approximate surface area is 77.2 Å². The number of hydrogen-bond donors (Lipinski definition) is 1. The monoisotopic (exact) mass is 182 g/mol. The van der Waals surface area contributed by atoms with Gasteiger partial charge in [0.2, 0.25) is 0 Å². The predicted molar refractivity (Wildman–Crippen MR) is 48.1 cm³/mol. The number of amides is 1. The number of rotatable bonds is 2. The van der Waals surface area contributed by atoms with Gasteiger partial charge in [0.1, 0.15) is 0 Å². The van der Waals surface area contributed by atoms with Gasteiger partial charge >= 0.3 is 0 Å². The van der Waals surface area contributed by atoms with Crippen molar-refractivity contribution in [1.29, 1.82) is 0 Å². The molecule has 1 fully saturated rings. The highest BCUT2D eigenvalue weighted by atomic mass is 16.5. The summed E-state index contributed by atoms with van der Waals surface area (Å²) in [6, 6.07) is 0.0352. The first-order valence-corrected chi connectivity index (χ1v) is 4.80. The van der Waals surface area contributed by atoms with Crippen molar-refractivity contribution in [3.63, 3.8) is 0 Å². The molecule has 2 rings (SSSR count). The van der Waals surface area contributed by atoms with Crippen LogP contribution in [-0.4, -0.2) is 18.0 Å². The summed E-state index contributed by atoms with van der Waals surface area (Å²) in [5.41, 5.74) is 5.30. The molecular formula is C9H14N2O2. The summed E-state index contributed by atoms with van der Waals surface area (Å²) in [6.07, 6.45) is 5.40. The van der Waals surface area contributed by atoms with Gasteiger partial charge in [-0.25, -0.2) is 0 Å². The fraction of sp³-hybridized carbons (Fsp3) is 0.778. The van der Waals surface area contributed by atoms with E-state index in [2.05, 4.69) is 4.99 Å². The average Bonchev–Trinajstić information content (AvgIpc) is 2.63. The standard InChI is InChI=1S/C9H14N2O2/c10-9-11-8(12)7(13-9)5-6-3-1-2-4-6/h6-7H,1-5H2,(H2,10,11,12)/t7-/m0/s1. The lowest BCUT2D eigenvalue weighted by Crippen LogP contribution is -2.22. The molecule has 13 heavy (non-hydrogen) atoms. The molecule has 0 aromatic rings. The lowest BCUT2D eigenvalue weighted by atomic mass is 10.00. The maximum atomic E-state index is 11.2. The normalized spacial score (nSPS) is 29.1. The van der Waals surface area contributed by atoms with Gasteiger partial charge in [-0.1, -0.05) is 25.7 Å². The SMILES string of the molecule is NC1=NC(=O)[C@H](CC2CCCC2)O1. The van der Waals surface area contributed by atoms with Crippen molar-refractivity contribution in [3.05, 3.63) is 0 Å². The van der Waals surface area contributed by atoms with Crippen LogP contribution in [-0.2, 0) is 9.53 Å². The summed E-state index contributed by atoms with van der Waals surface area (Å²) in [7, 11) is 0. The molecule has 2 N–H and O–H groups in total. The summed E-state index contributed by atoms with van der Waals surface area (Å²) >= 11 is 0. The van der Waals surface area contributed by atoms with E-state index in [1.807, 2.05) is 0 Å². The van der Waals surface area contributed by atoms with E-state index in [4.69, 9.17) is 10.5 Å². The molecule has 1 amide bonds. The highest BCUT2D eigenvalue weighted by Gasteiger charge is 2.31. The molecule has 1 aliphatic heterocycles. The van der Waals surface area contributed by atoms with Gasteiger partial charge < -0.3 is 10.5 Å². The largest absolute Gasteiger partial charge is 0.452 e. The Hall–Kier alpha value is -1.06. The highest BCUT2D eigenvalue weighted by Crippen LogP contribution is 2.30. The smallest absolute Gasteiger partial charge is 0.291 e. The number of nitrogens with zero attached hydrogens (tertiary/aromatic N) is 1. The molecule has 0 unspecified atom stereocenters. The zero-order chi connectivity index (χ0) is 9.26. The van der Waals surface area contributed by atoms with Gasteiger partial charge in [0.05, 0.1) is 0 Å². The number of carbonyl (C=O) groups excluding carboxylic acids is 1. The van der Waals surface area contributed by atoms with Gasteiger partial charge in [-0.2, -0.15) is 4.99 Å². The van der Waals surface area contributed by atoms with E-state index in [9.17, 15) is 4.79 Å². The summed E-state index contributed by atoms with van der Waals surface area (Å²) in [4.78, 5) is 14.7. The van der Waals surface area contributed by atoms with E-state index in [1.165, 1.54) is 25.7 Å². The van der Waals surface area contributed by atoms with Crippen LogP contribution in [0.1, 0.15) is 32.1 Å². The predicted octanol–water partition coefficient (Wildman–Crippen LogP) is 0.807. The molecule has 4 nitrogen and oxygen atoms in total. The summed E-state index contributed by atoms with van der Waals surface area (Å²) < 4.78 is 5.11. The Kier molecular flexibility index (Phi) is 2.20. The van der Waals surface area contributed by atoms with Crippen LogP contribution in [0.15, 0.2) is 4.99 Å². The summed E-state index contributed by atoms with van der Waals surface area (Å²) in [6.45, 7) is 0. The molecule has 1 atom stereocenters. The third-order valence-corrected chi connectivity index (χ3v) is 2.78. The Bertz CT molecular complexity index is 244. The summed E-state index contributed by atoms with van der Waals surface area (Å²) in [5.74, 6) is 0.430. The van der Waals surface area contributed by atoms with Crippen LogP contribution >= 0.6 is 0 Å². The van der Waals surface area contributed by atoms with Crippen LogP contribution in [0, 0.1) is 5.92 Å². The second-order valence-electron chi connectivity index (χ2n) is 3.78. The topological polar surface area (TPSA) is 64.7 Å². The van der Waals surface area contributed by atoms with E-state index in [1.54, 1.807) is 0 Å². The van der Waals surface area contributed by atoms with Crippen LogP contribution < -0.4 is 5.73 Å². The van der Waals surface area contributed by atoms with Gasteiger partial charge in [0.15, 0.2) is 6.10 Å². The van der Waals surface area contributed by atoms with Crippen molar-refractivity contribution in [1.82, 2.24) is 0 Å². The Morgan fingerprint density at radius 3 is 2.69 bits per heavy atom. The highest BCUT2D eigenvalue weighted by molar-refractivity contribution is 5.97. The third-order valence-electron chi connectivity index (χ3n) is 2.78. The zero-order valence-corrected chi connectivity index (χ0v) is 7.53. The number of aliphatic imine (C=N–C) groups is 1. The minimum absolute atomic E-state index is 0.0352. The number of amidine groups is 1. The van der Waals surface area contributed by atoms with E-state index < -0.39 is 0 Å². The second kappa shape index (κ2) is 3.36. The van der Waals surface area contributed by atoms with Crippen molar-refractivity contribution >= 4 is 11.9 Å². The minimum atomic E-state index is -0.386. The minimum Gasteiger partial charge on any atom is -0.452 e. The van der Waals surface area contributed by atoms with Crippen LogP contribution in [0.5, 0.6) is 0 Å². The molecule has 0 spiro atoms. The van der Waals surface area contributed by atoms with Crippen molar-refractivity contribution in [2.75, 3.05) is 0 Å². The molecule has 0 saturated heterocycles. The Morgan fingerprint density at radius 1 is 1.46 bits per heavy atom.